The van der Waals surface area contributed by atoms with Crippen molar-refractivity contribution in [2.45, 2.75) is 52.1 Å². The number of carbonyl (C=O) groups excluding carboxylic acids is 2. The van der Waals surface area contributed by atoms with E-state index >= 15 is 0 Å². The Morgan fingerprint density at radius 1 is 0.973 bits per heavy atom. The molecule has 9 nitrogen and oxygen atoms in total. The molecule has 0 aliphatic carbocycles. The molecule has 0 bridgehead atoms. The van der Waals surface area contributed by atoms with Crippen LogP contribution in [0.2, 0.25) is 0 Å². The first-order valence-corrected chi connectivity index (χ1v) is 14.2. The van der Waals surface area contributed by atoms with Crippen LogP contribution in [0.25, 0.3) is 0 Å². The summed E-state index contributed by atoms with van der Waals surface area (Å²) in [5.74, 6) is 0.0438. The number of rotatable bonds is 14. The molecule has 2 rings (SSSR count). The fraction of sp³-hybridized carbons (Fsp3) is 0.481. The van der Waals surface area contributed by atoms with Crippen LogP contribution in [0.15, 0.2) is 48.5 Å². The highest BCUT2D eigenvalue weighted by atomic mass is 32.2. The summed E-state index contributed by atoms with van der Waals surface area (Å²) in [6, 6.07) is 13.5. The van der Waals surface area contributed by atoms with Crippen molar-refractivity contribution in [3.63, 3.8) is 0 Å². The first-order chi connectivity index (χ1) is 17.5. The standard InChI is InChI=1S/C27H39N3O6S/c1-7-20(3)28-27(32)23(8-2)29(17-16-21-12-10-9-11-13-21)26(31)19-30(37(6,33)34)22-14-15-24(35-4)25(18-22)36-5/h9-15,18,20,23H,7-8,16-17,19H2,1-6H3,(H,28,32). The van der Waals surface area contributed by atoms with Crippen LogP contribution < -0.4 is 19.1 Å². The third kappa shape index (κ3) is 8.38. The Balaban J connectivity index is 2.41. The largest absolute Gasteiger partial charge is 0.493 e. The Morgan fingerprint density at radius 3 is 2.16 bits per heavy atom. The average Bonchev–Trinajstić information content (AvgIpc) is 2.88. The second-order valence-corrected chi connectivity index (χ2v) is 10.8. The second kappa shape index (κ2) is 13.9. The number of amides is 2. The van der Waals surface area contributed by atoms with Gasteiger partial charge in [-0.3, -0.25) is 13.9 Å². The zero-order valence-corrected chi connectivity index (χ0v) is 23.4. The normalized spacial score (nSPS) is 12.8. The van der Waals surface area contributed by atoms with Gasteiger partial charge in [-0.05, 0) is 43.9 Å². The number of nitrogens with zero attached hydrogens (tertiary/aromatic N) is 2. The van der Waals surface area contributed by atoms with Crippen molar-refractivity contribution in [3.8, 4) is 11.5 Å². The molecule has 10 heteroatoms. The van der Waals surface area contributed by atoms with Crippen LogP contribution in [0, 0.1) is 0 Å². The van der Waals surface area contributed by atoms with Crippen LogP contribution in [-0.4, -0.2) is 70.8 Å². The molecule has 37 heavy (non-hydrogen) atoms. The summed E-state index contributed by atoms with van der Waals surface area (Å²) in [6.07, 6.45) is 2.70. The molecule has 0 aliphatic rings. The molecule has 2 atom stereocenters. The van der Waals surface area contributed by atoms with Crippen LogP contribution in [0.5, 0.6) is 11.5 Å². The summed E-state index contributed by atoms with van der Waals surface area (Å²) in [6.45, 7) is 5.52. The lowest BCUT2D eigenvalue weighted by Crippen LogP contribution is -2.54. The average molecular weight is 534 g/mol. The van der Waals surface area contributed by atoms with Crippen molar-refractivity contribution in [3.05, 3.63) is 54.1 Å². The van der Waals surface area contributed by atoms with E-state index in [4.69, 9.17) is 9.47 Å². The monoisotopic (exact) mass is 533 g/mol. The third-order valence-electron chi connectivity index (χ3n) is 6.21. The maximum Gasteiger partial charge on any atom is 0.244 e. The molecule has 1 N–H and O–H groups in total. The predicted molar refractivity (Wildman–Crippen MR) is 146 cm³/mol. The van der Waals surface area contributed by atoms with Crippen LogP contribution >= 0.6 is 0 Å². The quantitative estimate of drug-likeness (QED) is 0.400. The highest BCUT2D eigenvalue weighted by Gasteiger charge is 2.32. The highest BCUT2D eigenvalue weighted by Crippen LogP contribution is 2.32. The Kier molecular flexibility index (Phi) is 11.2. The summed E-state index contributed by atoms with van der Waals surface area (Å²) in [4.78, 5) is 28.3. The van der Waals surface area contributed by atoms with Crippen molar-refractivity contribution in [1.82, 2.24) is 10.2 Å². The molecule has 0 saturated heterocycles. The number of hydrogen-bond donors (Lipinski definition) is 1. The van der Waals surface area contributed by atoms with Gasteiger partial charge in [0, 0.05) is 18.7 Å². The maximum absolute atomic E-state index is 13.7. The van der Waals surface area contributed by atoms with Gasteiger partial charge in [-0.1, -0.05) is 44.2 Å². The molecule has 0 fully saturated rings. The first kappa shape index (κ1) is 30.0. The van der Waals surface area contributed by atoms with Gasteiger partial charge in [-0.2, -0.15) is 0 Å². The fourth-order valence-electron chi connectivity index (χ4n) is 3.93. The number of benzene rings is 2. The topological polar surface area (TPSA) is 105 Å². The highest BCUT2D eigenvalue weighted by molar-refractivity contribution is 7.92. The van der Waals surface area contributed by atoms with E-state index in [1.165, 1.54) is 25.2 Å². The van der Waals surface area contributed by atoms with Gasteiger partial charge in [0.1, 0.15) is 12.6 Å². The Hall–Kier alpha value is -3.27. The Morgan fingerprint density at radius 2 is 1.62 bits per heavy atom. The molecule has 2 unspecified atom stereocenters. The predicted octanol–water partition coefficient (Wildman–Crippen LogP) is 3.23. The Labute approximate surface area is 220 Å². The number of hydrogen-bond acceptors (Lipinski definition) is 6. The Bertz CT molecular complexity index is 1140. The van der Waals surface area contributed by atoms with Gasteiger partial charge in [0.05, 0.1) is 26.2 Å². The fourth-order valence-corrected chi connectivity index (χ4v) is 4.77. The van der Waals surface area contributed by atoms with Crippen LogP contribution in [0.3, 0.4) is 0 Å². The van der Waals surface area contributed by atoms with Crippen LogP contribution in [0.1, 0.15) is 39.2 Å². The summed E-state index contributed by atoms with van der Waals surface area (Å²) >= 11 is 0. The summed E-state index contributed by atoms with van der Waals surface area (Å²) < 4.78 is 37.2. The second-order valence-electron chi connectivity index (χ2n) is 8.87. The lowest BCUT2D eigenvalue weighted by Gasteiger charge is -2.33. The van der Waals surface area contributed by atoms with E-state index in [9.17, 15) is 18.0 Å². The first-order valence-electron chi connectivity index (χ1n) is 12.4. The lowest BCUT2D eigenvalue weighted by atomic mass is 10.1. The minimum absolute atomic E-state index is 0.0492. The van der Waals surface area contributed by atoms with Crippen molar-refractivity contribution >= 4 is 27.5 Å². The molecule has 0 heterocycles. The molecule has 2 amide bonds. The molecule has 0 radical (unpaired) electrons. The van der Waals surface area contributed by atoms with E-state index in [2.05, 4.69) is 5.32 Å². The van der Waals surface area contributed by atoms with Gasteiger partial charge in [0.15, 0.2) is 11.5 Å². The third-order valence-corrected chi connectivity index (χ3v) is 7.35. The number of nitrogens with one attached hydrogen (secondary N) is 1. The molecule has 0 aliphatic heterocycles. The van der Waals surface area contributed by atoms with E-state index in [-0.39, 0.29) is 24.2 Å². The van der Waals surface area contributed by atoms with Gasteiger partial charge in [0.2, 0.25) is 21.8 Å². The number of carbonyl (C=O) groups is 2. The van der Waals surface area contributed by atoms with E-state index in [1.54, 1.807) is 12.1 Å². The summed E-state index contributed by atoms with van der Waals surface area (Å²) in [5, 5.41) is 2.96. The molecule has 2 aromatic rings. The van der Waals surface area contributed by atoms with Gasteiger partial charge in [-0.15, -0.1) is 0 Å². The van der Waals surface area contributed by atoms with E-state index < -0.39 is 28.5 Å². The van der Waals surface area contributed by atoms with Gasteiger partial charge in [0.25, 0.3) is 0 Å². The molecule has 2 aromatic carbocycles. The number of sulfonamides is 1. The zero-order chi connectivity index (χ0) is 27.6. The molecular weight excluding hydrogens is 494 g/mol. The van der Waals surface area contributed by atoms with Crippen molar-refractivity contribution < 1.29 is 27.5 Å². The summed E-state index contributed by atoms with van der Waals surface area (Å²) in [5.41, 5.74) is 1.27. The molecule has 0 spiro atoms. The van der Waals surface area contributed by atoms with E-state index in [1.807, 2.05) is 51.1 Å². The van der Waals surface area contributed by atoms with Gasteiger partial charge < -0.3 is 19.7 Å². The maximum atomic E-state index is 13.7. The zero-order valence-electron chi connectivity index (χ0n) is 22.6. The van der Waals surface area contributed by atoms with Gasteiger partial charge in [-0.25, -0.2) is 8.42 Å². The van der Waals surface area contributed by atoms with E-state index in [0.29, 0.717) is 24.3 Å². The van der Waals surface area contributed by atoms with Crippen molar-refractivity contribution in [1.29, 1.82) is 0 Å². The molecule has 0 saturated carbocycles. The molecular formula is C27H39N3O6S. The molecule has 0 aromatic heterocycles. The van der Waals surface area contributed by atoms with Gasteiger partial charge >= 0.3 is 0 Å². The SMILES string of the molecule is CCC(C)NC(=O)C(CC)N(CCc1ccccc1)C(=O)CN(c1ccc(OC)c(OC)c1)S(C)(=O)=O. The van der Waals surface area contributed by atoms with Crippen LogP contribution in [0.4, 0.5) is 5.69 Å². The minimum atomic E-state index is -3.84. The number of methoxy groups -OCH3 is 2. The number of anilines is 1. The van der Waals surface area contributed by atoms with Crippen molar-refractivity contribution in [2.24, 2.45) is 0 Å². The lowest BCUT2D eigenvalue weighted by molar-refractivity contribution is -0.139. The summed E-state index contributed by atoms with van der Waals surface area (Å²) in [7, 11) is -0.914. The molecule has 204 valence electrons. The van der Waals surface area contributed by atoms with E-state index in [0.717, 1.165) is 22.5 Å². The smallest absolute Gasteiger partial charge is 0.244 e. The minimum Gasteiger partial charge on any atom is -0.493 e. The number of ether oxygens (including phenoxy) is 2. The van der Waals surface area contributed by atoms with Crippen LogP contribution in [-0.2, 0) is 26.0 Å². The van der Waals surface area contributed by atoms with Crippen molar-refractivity contribution in [2.75, 3.05) is 37.9 Å².